The Morgan fingerprint density at radius 2 is 2.05 bits per heavy atom. The Kier molecular flexibility index (Phi) is 4.53. The van der Waals surface area contributed by atoms with Gasteiger partial charge >= 0.3 is 5.97 Å². The third-order valence-electron chi connectivity index (χ3n) is 3.18. The van der Waals surface area contributed by atoms with Gasteiger partial charge in [-0.05, 0) is 25.5 Å². The molecular formula is C14H19NO4. The summed E-state index contributed by atoms with van der Waals surface area (Å²) in [6, 6.07) is 5.49. The Morgan fingerprint density at radius 3 is 2.53 bits per heavy atom. The van der Waals surface area contributed by atoms with Crippen LogP contribution in [-0.4, -0.2) is 31.1 Å². The standard InChI is InChI=1S/C14H19NO4/c1-9-5-6-11(19-4)10(7-9)8-14(2,13(17)18)12(16)15-3/h5-7H,8H2,1-4H3,(H,15,16)(H,17,18). The molecule has 5 nitrogen and oxygen atoms in total. The predicted octanol–water partition coefficient (Wildman–Crippen LogP) is 1.38. The molecule has 0 aromatic heterocycles. The number of amides is 1. The molecule has 1 rings (SSSR count). The fourth-order valence-electron chi connectivity index (χ4n) is 1.96. The molecule has 104 valence electrons. The first-order chi connectivity index (χ1) is 8.85. The Morgan fingerprint density at radius 1 is 1.42 bits per heavy atom. The number of rotatable bonds is 5. The van der Waals surface area contributed by atoms with Crippen LogP contribution in [0.4, 0.5) is 0 Å². The maximum Gasteiger partial charge on any atom is 0.319 e. The zero-order valence-electron chi connectivity index (χ0n) is 11.6. The lowest BCUT2D eigenvalue weighted by atomic mass is 9.82. The van der Waals surface area contributed by atoms with Crippen molar-refractivity contribution in [2.24, 2.45) is 5.41 Å². The number of carboxylic acid groups (broad SMARTS) is 1. The summed E-state index contributed by atoms with van der Waals surface area (Å²) in [6.45, 7) is 3.32. The van der Waals surface area contributed by atoms with Gasteiger partial charge in [-0.3, -0.25) is 9.59 Å². The first-order valence-electron chi connectivity index (χ1n) is 5.94. The van der Waals surface area contributed by atoms with Gasteiger partial charge in [0.05, 0.1) is 7.11 Å². The molecule has 0 aliphatic carbocycles. The summed E-state index contributed by atoms with van der Waals surface area (Å²) in [4.78, 5) is 23.2. The topological polar surface area (TPSA) is 75.6 Å². The number of hydrogen-bond donors (Lipinski definition) is 2. The van der Waals surface area contributed by atoms with Gasteiger partial charge in [-0.2, -0.15) is 0 Å². The summed E-state index contributed by atoms with van der Waals surface area (Å²) in [5, 5.41) is 11.7. The van der Waals surface area contributed by atoms with Crippen LogP contribution < -0.4 is 10.1 Å². The molecule has 1 unspecified atom stereocenters. The quantitative estimate of drug-likeness (QED) is 0.789. The van der Waals surface area contributed by atoms with Crippen molar-refractivity contribution in [2.75, 3.05) is 14.2 Å². The highest BCUT2D eigenvalue weighted by atomic mass is 16.5. The first-order valence-corrected chi connectivity index (χ1v) is 5.94. The number of ether oxygens (including phenoxy) is 1. The summed E-state index contributed by atoms with van der Waals surface area (Å²) >= 11 is 0. The van der Waals surface area contributed by atoms with Crippen molar-refractivity contribution in [3.8, 4) is 5.75 Å². The van der Waals surface area contributed by atoms with Crippen LogP contribution in [0, 0.1) is 12.3 Å². The molecule has 0 heterocycles. The van der Waals surface area contributed by atoms with E-state index in [0.29, 0.717) is 11.3 Å². The number of aryl methyl sites for hydroxylation is 1. The van der Waals surface area contributed by atoms with Gasteiger partial charge < -0.3 is 15.2 Å². The molecule has 2 N–H and O–H groups in total. The lowest BCUT2D eigenvalue weighted by Gasteiger charge is -2.24. The van der Waals surface area contributed by atoms with E-state index in [4.69, 9.17) is 4.74 Å². The molecule has 0 spiro atoms. The van der Waals surface area contributed by atoms with Crippen molar-refractivity contribution in [3.63, 3.8) is 0 Å². The summed E-state index contributed by atoms with van der Waals surface area (Å²) < 4.78 is 5.21. The monoisotopic (exact) mass is 265 g/mol. The molecule has 0 saturated heterocycles. The molecule has 19 heavy (non-hydrogen) atoms. The smallest absolute Gasteiger partial charge is 0.319 e. The maximum absolute atomic E-state index is 11.8. The number of carbonyl (C=O) groups is 2. The second-order valence-electron chi connectivity index (χ2n) is 4.71. The zero-order valence-corrected chi connectivity index (χ0v) is 11.6. The molecule has 1 aromatic rings. The molecular weight excluding hydrogens is 246 g/mol. The predicted molar refractivity (Wildman–Crippen MR) is 71.2 cm³/mol. The van der Waals surface area contributed by atoms with Crippen molar-refractivity contribution < 1.29 is 19.4 Å². The lowest BCUT2D eigenvalue weighted by Crippen LogP contribution is -2.44. The highest BCUT2D eigenvalue weighted by Crippen LogP contribution is 2.29. The third-order valence-corrected chi connectivity index (χ3v) is 3.18. The first kappa shape index (κ1) is 15.0. The van der Waals surface area contributed by atoms with Gasteiger partial charge in [0, 0.05) is 13.5 Å². The number of carbonyl (C=O) groups excluding carboxylic acids is 1. The van der Waals surface area contributed by atoms with Gasteiger partial charge in [0.25, 0.3) is 0 Å². The number of benzene rings is 1. The second-order valence-corrected chi connectivity index (χ2v) is 4.71. The van der Waals surface area contributed by atoms with Crippen LogP contribution >= 0.6 is 0 Å². The highest BCUT2D eigenvalue weighted by Gasteiger charge is 2.41. The van der Waals surface area contributed by atoms with Gasteiger partial charge in [-0.1, -0.05) is 17.7 Å². The van der Waals surface area contributed by atoms with Crippen LogP contribution in [0.15, 0.2) is 18.2 Å². The van der Waals surface area contributed by atoms with Crippen molar-refractivity contribution in [2.45, 2.75) is 20.3 Å². The molecule has 1 amide bonds. The SMILES string of the molecule is CNC(=O)C(C)(Cc1cc(C)ccc1OC)C(=O)O. The van der Waals surface area contributed by atoms with Crippen LogP contribution in [0.25, 0.3) is 0 Å². The Bertz CT molecular complexity index is 498. The Labute approximate surface area is 112 Å². The van der Waals surface area contributed by atoms with E-state index in [1.807, 2.05) is 19.1 Å². The fourth-order valence-corrected chi connectivity index (χ4v) is 1.96. The molecule has 0 aliphatic rings. The minimum absolute atomic E-state index is 0.0762. The minimum Gasteiger partial charge on any atom is -0.496 e. The van der Waals surface area contributed by atoms with E-state index in [9.17, 15) is 14.7 Å². The summed E-state index contributed by atoms with van der Waals surface area (Å²) in [5.41, 5.74) is 0.173. The van der Waals surface area contributed by atoms with E-state index in [-0.39, 0.29) is 6.42 Å². The van der Waals surface area contributed by atoms with Crippen LogP contribution in [-0.2, 0) is 16.0 Å². The highest BCUT2D eigenvalue weighted by molar-refractivity contribution is 6.01. The zero-order chi connectivity index (χ0) is 14.6. The van der Waals surface area contributed by atoms with E-state index in [1.165, 1.54) is 21.1 Å². The molecule has 0 radical (unpaired) electrons. The molecule has 0 saturated carbocycles. The maximum atomic E-state index is 11.8. The van der Waals surface area contributed by atoms with Crippen molar-refractivity contribution in [3.05, 3.63) is 29.3 Å². The van der Waals surface area contributed by atoms with Crippen LogP contribution in [0.5, 0.6) is 5.75 Å². The summed E-state index contributed by atoms with van der Waals surface area (Å²) in [6.07, 6.45) is 0.0762. The molecule has 0 fully saturated rings. The number of nitrogens with one attached hydrogen (secondary N) is 1. The van der Waals surface area contributed by atoms with Crippen molar-refractivity contribution in [1.29, 1.82) is 0 Å². The Balaban J connectivity index is 3.20. The molecule has 1 aromatic carbocycles. The Hall–Kier alpha value is -2.04. The van der Waals surface area contributed by atoms with E-state index in [0.717, 1.165) is 5.56 Å². The van der Waals surface area contributed by atoms with E-state index in [1.54, 1.807) is 6.07 Å². The second kappa shape index (κ2) is 5.73. The molecule has 1 atom stereocenters. The van der Waals surface area contributed by atoms with Gasteiger partial charge in [-0.25, -0.2) is 0 Å². The molecule has 5 heteroatoms. The van der Waals surface area contributed by atoms with Gasteiger partial charge in [0.15, 0.2) is 0 Å². The average Bonchev–Trinajstić information content (AvgIpc) is 2.37. The average molecular weight is 265 g/mol. The molecule has 0 aliphatic heterocycles. The van der Waals surface area contributed by atoms with E-state index >= 15 is 0 Å². The minimum atomic E-state index is -1.52. The summed E-state index contributed by atoms with van der Waals surface area (Å²) in [5.74, 6) is -1.10. The van der Waals surface area contributed by atoms with E-state index in [2.05, 4.69) is 5.32 Å². The van der Waals surface area contributed by atoms with Gasteiger partial charge in [-0.15, -0.1) is 0 Å². The molecule has 0 bridgehead atoms. The lowest BCUT2D eigenvalue weighted by molar-refractivity contribution is -0.154. The summed E-state index contributed by atoms with van der Waals surface area (Å²) in [7, 11) is 2.95. The van der Waals surface area contributed by atoms with Crippen molar-refractivity contribution >= 4 is 11.9 Å². The van der Waals surface area contributed by atoms with Crippen LogP contribution in [0.2, 0.25) is 0 Å². The van der Waals surface area contributed by atoms with Gasteiger partial charge in [0.2, 0.25) is 5.91 Å². The fraction of sp³-hybridized carbons (Fsp3) is 0.429. The number of methoxy groups -OCH3 is 1. The number of aliphatic carboxylic acids is 1. The number of carboxylic acids is 1. The van der Waals surface area contributed by atoms with Crippen LogP contribution in [0.3, 0.4) is 0 Å². The largest absolute Gasteiger partial charge is 0.496 e. The van der Waals surface area contributed by atoms with Crippen molar-refractivity contribution in [1.82, 2.24) is 5.32 Å². The normalized spacial score (nSPS) is 13.5. The van der Waals surface area contributed by atoms with E-state index < -0.39 is 17.3 Å². The van der Waals surface area contributed by atoms with Crippen LogP contribution in [0.1, 0.15) is 18.1 Å². The van der Waals surface area contributed by atoms with Gasteiger partial charge in [0.1, 0.15) is 11.2 Å². The third kappa shape index (κ3) is 3.05. The number of hydrogen-bond acceptors (Lipinski definition) is 3.